The van der Waals surface area contributed by atoms with E-state index in [4.69, 9.17) is 4.98 Å². The molecule has 0 aliphatic heterocycles. The highest BCUT2D eigenvalue weighted by molar-refractivity contribution is 9.10. The summed E-state index contributed by atoms with van der Waals surface area (Å²) >= 11 is 3.51. The quantitative estimate of drug-likeness (QED) is 0.577. The van der Waals surface area contributed by atoms with Crippen molar-refractivity contribution in [2.75, 3.05) is 0 Å². The molecule has 1 aliphatic rings. The highest BCUT2D eigenvalue weighted by atomic mass is 79.9. The SMILES string of the molecule is Fc1ccc(-c2c([CH]Br)c(C3CC3)nc3ccccc23)cc1. The van der Waals surface area contributed by atoms with Gasteiger partial charge in [0.2, 0.25) is 0 Å². The molecule has 2 aromatic carbocycles. The molecule has 0 saturated heterocycles. The normalized spacial score (nSPS) is 14.5. The summed E-state index contributed by atoms with van der Waals surface area (Å²) < 4.78 is 13.3. The summed E-state index contributed by atoms with van der Waals surface area (Å²) in [4.78, 5) is 4.88. The molecule has 3 aromatic rings. The van der Waals surface area contributed by atoms with Crippen molar-refractivity contribution in [3.8, 4) is 11.1 Å². The molecule has 1 fully saturated rings. The van der Waals surface area contributed by atoms with Crippen molar-refractivity contribution in [1.82, 2.24) is 4.98 Å². The zero-order chi connectivity index (χ0) is 15.1. The molecule has 0 atom stereocenters. The molecule has 1 aromatic heterocycles. The highest BCUT2D eigenvalue weighted by Gasteiger charge is 2.29. The standard InChI is InChI=1S/C19H14BrFN/c20-11-16-18(12-7-9-14(21)10-8-12)15-3-1-2-4-17(15)22-19(16)13-5-6-13/h1-4,7-11,13H,5-6H2. The summed E-state index contributed by atoms with van der Waals surface area (Å²) in [5, 5.41) is 3.06. The fourth-order valence-electron chi connectivity index (χ4n) is 2.95. The van der Waals surface area contributed by atoms with Crippen molar-refractivity contribution in [3.63, 3.8) is 0 Å². The third-order valence-corrected chi connectivity index (χ3v) is 4.62. The zero-order valence-corrected chi connectivity index (χ0v) is 13.5. The van der Waals surface area contributed by atoms with Crippen molar-refractivity contribution < 1.29 is 4.39 Å². The summed E-state index contributed by atoms with van der Waals surface area (Å²) in [5.74, 6) is 0.335. The molecular weight excluding hydrogens is 341 g/mol. The first-order valence-corrected chi connectivity index (χ1v) is 8.31. The van der Waals surface area contributed by atoms with E-state index in [-0.39, 0.29) is 5.82 Å². The summed E-state index contributed by atoms with van der Waals surface area (Å²) in [7, 11) is 0. The van der Waals surface area contributed by atoms with Crippen LogP contribution in [0.25, 0.3) is 22.0 Å². The first-order valence-electron chi connectivity index (χ1n) is 7.40. The molecule has 1 saturated carbocycles. The molecule has 1 radical (unpaired) electrons. The summed E-state index contributed by atoms with van der Waals surface area (Å²) in [6.45, 7) is 0. The van der Waals surface area contributed by atoms with Gasteiger partial charge in [-0.15, -0.1) is 0 Å². The molecule has 0 spiro atoms. The maximum atomic E-state index is 13.3. The van der Waals surface area contributed by atoms with E-state index in [0.29, 0.717) is 5.92 Å². The molecule has 1 nitrogen and oxygen atoms in total. The van der Waals surface area contributed by atoms with Gasteiger partial charge in [0.1, 0.15) is 5.82 Å². The molecule has 3 heteroatoms. The van der Waals surface area contributed by atoms with Crippen LogP contribution in [-0.4, -0.2) is 4.98 Å². The smallest absolute Gasteiger partial charge is 0.123 e. The van der Waals surface area contributed by atoms with E-state index in [1.165, 1.54) is 25.0 Å². The Kier molecular flexibility index (Phi) is 3.45. The fraction of sp³-hybridized carbons (Fsp3) is 0.158. The summed E-state index contributed by atoms with van der Waals surface area (Å²) in [6, 6.07) is 14.9. The van der Waals surface area contributed by atoms with Crippen LogP contribution in [0.4, 0.5) is 4.39 Å². The average molecular weight is 355 g/mol. The van der Waals surface area contributed by atoms with Gasteiger partial charge in [-0.25, -0.2) is 4.39 Å². The van der Waals surface area contributed by atoms with Gasteiger partial charge in [-0.1, -0.05) is 46.3 Å². The summed E-state index contributed by atoms with van der Waals surface area (Å²) in [5.41, 5.74) is 5.42. The zero-order valence-electron chi connectivity index (χ0n) is 11.9. The van der Waals surface area contributed by atoms with E-state index in [9.17, 15) is 4.39 Å². The lowest BCUT2D eigenvalue weighted by Gasteiger charge is -2.15. The first-order chi connectivity index (χ1) is 10.8. The van der Waals surface area contributed by atoms with Gasteiger partial charge in [-0.3, -0.25) is 4.98 Å². The Balaban J connectivity index is 2.06. The second-order valence-electron chi connectivity index (χ2n) is 5.69. The lowest BCUT2D eigenvalue weighted by atomic mass is 9.94. The minimum Gasteiger partial charge on any atom is -0.252 e. The maximum absolute atomic E-state index is 13.3. The monoisotopic (exact) mass is 354 g/mol. The van der Waals surface area contributed by atoms with Crippen LogP contribution in [0.2, 0.25) is 0 Å². The molecule has 1 aliphatic carbocycles. The Morgan fingerprint density at radius 3 is 2.45 bits per heavy atom. The van der Waals surface area contributed by atoms with Crippen molar-refractivity contribution in [2.24, 2.45) is 0 Å². The minimum atomic E-state index is -0.214. The molecule has 0 N–H and O–H groups in total. The molecule has 22 heavy (non-hydrogen) atoms. The Morgan fingerprint density at radius 1 is 1.05 bits per heavy atom. The van der Waals surface area contributed by atoms with E-state index in [0.717, 1.165) is 33.3 Å². The molecule has 0 amide bonds. The lowest BCUT2D eigenvalue weighted by molar-refractivity contribution is 0.628. The van der Waals surface area contributed by atoms with Crippen LogP contribution in [0.1, 0.15) is 30.0 Å². The largest absolute Gasteiger partial charge is 0.252 e. The number of fused-ring (bicyclic) bond motifs is 1. The lowest BCUT2D eigenvalue weighted by Crippen LogP contribution is -1.99. The number of benzene rings is 2. The van der Waals surface area contributed by atoms with Gasteiger partial charge < -0.3 is 0 Å². The van der Waals surface area contributed by atoms with Crippen molar-refractivity contribution in [1.29, 1.82) is 0 Å². The van der Waals surface area contributed by atoms with Crippen LogP contribution in [0.5, 0.6) is 0 Å². The third-order valence-electron chi connectivity index (χ3n) is 4.17. The Morgan fingerprint density at radius 2 is 1.77 bits per heavy atom. The first kappa shape index (κ1) is 13.9. The van der Waals surface area contributed by atoms with Crippen molar-refractivity contribution >= 4 is 26.8 Å². The fourth-order valence-corrected chi connectivity index (χ4v) is 3.42. The number of rotatable bonds is 3. The van der Waals surface area contributed by atoms with Gasteiger partial charge in [0.15, 0.2) is 0 Å². The summed E-state index contributed by atoms with van der Waals surface area (Å²) in [6.07, 6.45) is 2.39. The molecule has 1 heterocycles. The van der Waals surface area contributed by atoms with Crippen LogP contribution in [0.15, 0.2) is 48.5 Å². The second-order valence-corrected chi connectivity index (χ2v) is 6.15. The van der Waals surface area contributed by atoms with Gasteiger partial charge in [0.05, 0.1) is 10.8 Å². The Bertz CT molecular complexity index is 838. The van der Waals surface area contributed by atoms with E-state index in [1.54, 1.807) is 0 Å². The van der Waals surface area contributed by atoms with E-state index < -0.39 is 0 Å². The van der Waals surface area contributed by atoms with Crippen LogP contribution < -0.4 is 0 Å². The Labute approximate surface area is 137 Å². The molecule has 109 valence electrons. The highest BCUT2D eigenvalue weighted by Crippen LogP contribution is 2.45. The maximum Gasteiger partial charge on any atom is 0.123 e. The predicted molar refractivity (Wildman–Crippen MR) is 91.4 cm³/mol. The van der Waals surface area contributed by atoms with Crippen molar-refractivity contribution in [3.05, 3.63) is 70.9 Å². The number of aromatic nitrogens is 1. The van der Waals surface area contributed by atoms with Crippen molar-refractivity contribution in [2.45, 2.75) is 18.8 Å². The minimum absolute atomic E-state index is 0.214. The molecule has 0 unspecified atom stereocenters. The predicted octanol–water partition coefficient (Wildman–Crippen LogP) is 5.82. The van der Waals surface area contributed by atoms with E-state index in [2.05, 4.69) is 22.0 Å². The number of pyridine rings is 1. The van der Waals surface area contributed by atoms with E-state index >= 15 is 0 Å². The molecule has 4 rings (SSSR count). The number of hydrogen-bond donors (Lipinski definition) is 0. The van der Waals surface area contributed by atoms with Crippen LogP contribution in [0.3, 0.4) is 0 Å². The topological polar surface area (TPSA) is 12.9 Å². The van der Waals surface area contributed by atoms with Gasteiger partial charge in [0.25, 0.3) is 0 Å². The Hall–Kier alpha value is -1.74. The van der Waals surface area contributed by atoms with Gasteiger partial charge in [-0.05, 0) is 47.7 Å². The molecule has 0 bridgehead atoms. The molecular formula is C19H14BrFN. The second kappa shape index (κ2) is 5.47. The van der Waals surface area contributed by atoms with E-state index in [1.807, 2.05) is 35.7 Å². The average Bonchev–Trinajstić information content (AvgIpc) is 3.39. The number of para-hydroxylation sites is 1. The van der Waals surface area contributed by atoms with Crippen LogP contribution in [-0.2, 0) is 0 Å². The van der Waals surface area contributed by atoms with Crippen LogP contribution >= 0.6 is 15.9 Å². The third kappa shape index (κ3) is 2.34. The van der Waals surface area contributed by atoms with Gasteiger partial charge in [-0.2, -0.15) is 0 Å². The van der Waals surface area contributed by atoms with Crippen LogP contribution in [0, 0.1) is 11.1 Å². The van der Waals surface area contributed by atoms with Gasteiger partial charge in [0, 0.05) is 17.0 Å². The number of halogens is 2. The van der Waals surface area contributed by atoms with Gasteiger partial charge >= 0.3 is 0 Å². The number of nitrogens with zero attached hydrogens (tertiary/aromatic N) is 1. The number of hydrogen-bond acceptors (Lipinski definition) is 1.